The average Bonchev–Trinajstić information content (AvgIpc) is 2.47. The minimum Gasteiger partial charge on any atom is -0.496 e. The number of nitrogens with two attached hydrogens (primary N) is 1. The molecule has 0 aliphatic rings. The highest BCUT2D eigenvalue weighted by Gasteiger charge is 2.30. The van der Waals surface area contributed by atoms with Crippen LogP contribution in [0.1, 0.15) is 31.9 Å². The molecule has 3 heteroatoms. The number of benzene rings is 2. The van der Waals surface area contributed by atoms with E-state index >= 15 is 0 Å². The van der Waals surface area contributed by atoms with E-state index in [-0.39, 0.29) is 6.10 Å². The van der Waals surface area contributed by atoms with Crippen LogP contribution in [0.5, 0.6) is 11.5 Å². The maximum atomic E-state index is 6.65. The van der Waals surface area contributed by atoms with E-state index in [0.29, 0.717) is 0 Å². The smallest absolute Gasteiger partial charge is 0.125 e. The minimum atomic E-state index is -0.696. The SMILES string of the molecule is COc1ccccc1C(C)(N)c1ccccc1OC(C)C. The Hall–Kier alpha value is -2.00. The van der Waals surface area contributed by atoms with Gasteiger partial charge in [0, 0.05) is 11.1 Å². The summed E-state index contributed by atoms with van der Waals surface area (Å²) >= 11 is 0. The van der Waals surface area contributed by atoms with E-state index in [4.69, 9.17) is 15.2 Å². The predicted molar refractivity (Wildman–Crippen MR) is 85.8 cm³/mol. The monoisotopic (exact) mass is 285 g/mol. The van der Waals surface area contributed by atoms with Gasteiger partial charge in [0.2, 0.25) is 0 Å². The maximum absolute atomic E-state index is 6.65. The summed E-state index contributed by atoms with van der Waals surface area (Å²) in [6.45, 7) is 5.99. The Labute approximate surface area is 126 Å². The molecule has 0 radical (unpaired) electrons. The van der Waals surface area contributed by atoms with E-state index in [1.165, 1.54) is 0 Å². The molecule has 0 saturated heterocycles. The summed E-state index contributed by atoms with van der Waals surface area (Å²) in [6, 6.07) is 15.7. The summed E-state index contributed by atoms with van der Waals surface area (Å²) in [5.41, 5.74) is 7.84. The lowest BCUT2D eigenvalue weighted by atomic mass is 9.84. The Bertz CT molecular complexity index is 606. The van der Waals surface area contributed by atoms with Crippen molar-refractivity contribution in [2.24, 2.45) is 5.73 Å². The molecule has 0 spiro atoms. The third kappa shape index (κ3) is 3.19. The second-order valence-electron chi connectivity index (χ2n) is 5.57. The van der Waals surface area contributed by atoms with Crippen molar-refractivity contribution in [3.8, 4) is 11.5 Å². The minimum absolute atomic E-state index is 0.0969. The molecular weight excluding hydrogens is 262 g/mol. The van der Waals surface area contributed by atoms with Gasteiger partial charge in [-0.05, 0) is 32.9 Å². The van der Waals surface area contributed by atoms with Gasteiger partial charge in [0.05, 0.1) is 18.8 Å². The van der Waals surface area contributed by atoms with E-state index in [9.17, 15) is 0 Å². The first-order valence-electron chi connectivity index (χ1n) is 7.15. The topological polar surface area (TPSA) is 44.5 Å². The fourth-order valence-electron chi connectivity index (χ4n) is 2.47. The summed E-state index contributed by atoms with van der Waals surface area (Å²) in [5, 5.41) is 0. The first-order valence-corrected chi connectivity index (χ1v) is 7.15. The molecule has 0 aliphatic carbocycles. The average molecular weight is 285 g/mol. The van der Waals surface area contributed by atoms with Crippen LogP contribution in [0.4, 0.5) is 0 Å². The Kier molecular flexibility index (Phi) is 4.53. The number of methoxy groups -OCH3 is 1. The lowest BCUT2D eigenvalue weighted by Gasteiger charge is -2.30. The summed E-state index contributed by atoms with van der Waals surface area (Å²) in [7, 11) is 1.66. The van der Waals surface area contributed by atoms with Crippen molar-refractivity contribution >= 4 is 0 Å². The molecule has 2 aromatic carbocycles. The Morgan fingerprint density at radius 2 is 1.38 bits per heavy atom. The molecule has 2 rings (SSSR count). The number of ether oxygens (including phenoxy) is 2. The quantitative estimate of drug-likeness (QED) is 0.911. The Morgan fingerprint density at radius 1 is 0.905 bits per heavy atom. The van der Waals surface area contributed by atoms with Crippen LogP contribution in [-0.4, -0.2) is 13.2 Å². The summed E-state index contributed by atoms with van der Waals surface area (Å²) < 4.78 is 11.4. The fraction of sp³-hybridized carbons (Fsp3) is 0.333. The first kappa shape index (κ1) is 15.4. The van der Waals surface area contributed by atoms with Gasteiger partial charge in [-0.1, -0.05) is 36.4 Å². The Morgan fingerprint density at radius 3 is 1.90 bits per heavy atom. The van der Waals surface area contributed by atoms with E-state index in [0.717, 1.165) is 22.6 Å². The van der Waals surface area contributed by atoms with Gasteiger partial charge in [-0.3, -0.25) is 0 Å². The van der Waals surface area contributed by atoms with Crippen LogP contribution in [-0.2, 0) is 5.54 Å². The van der Waals surface area contributed by atoms with Crippen molar-refractivity contribution in [3.63, 3.8) is 0 Å². The van der Waals surface area contributed by atoms with Crippen LogP contribution in [0.15, 0.2) is 48.5 Å². The summed E-state index contributed by atoms with van der Waals surface area (Å²) in [5.74, 6) is 1.59. The van der Waals surface area contributed by atoms with Gasteiger partial charge in [-0.2, -0.15) is 0 Å². The zero-order chi connectivity index (χ0) is 15.5. The summed E-state index contributed by atoms with van der Waals surface area (Å²) in [4.78, 5) is 0. The van der Waals surface area contributed by atoms with Gasteiger partial charge in [-0.25, -0.2) is 0 Å². The standard InChI is InChI=1S/C18H23NO2/c1-13(2)21-17-12-8-6-10-15(17)18(3,19)14-9-5-7-11-16(14)20-4/h5-13H,19H2,1-4H3. The molecule has 21 heavy (non-hydrogen) atoms. The fourth-order valence-corrected chi connectivity index (χ4v) is 2.47. The van der Waals surface area contributed by atoms with Crippen molar-refractivity contribution in [2.45, 2.75) is 32.4 Å². The van der Waals surface area contributed by atoms with Crippen LogP contribution in [0, 0.1) is 0 Å². The highest BCUT2D eigenvalue weighted by atomic mass is 16.5. The third-order valence-electron chi connectivity index (χ3n) is 3.48. The van der Waals surface area contributed by atoms with Crippen molar-refractivity contribution in [2.75, 3.05) is 7.11 Å². The second kappa shape index (κ2) is 6.19. The van der Waals surface area contributed by atoms with Gasteiger partial charge < -0.3 is 15.2 Å². The van der Waals surface area contributed by atoms with Gasteiger partial charge in [0.25, 0.3) is 0 Å². The maximum Gasteiger partial charge on any atom is 0.125 e. The highest BCUT2D eigenvalue weighted by Crippen LogP contribution is 2.37. The molecule has 1 atom stereocenters. The van der Waals surface area contributed by atoms with Crippen LogP contribution < -0.4 is 15.2 Å². The highest BCUT2D eigenvalue weighted by molar-refractivity contribution is 5.50. The molecule has 0 heterocycles. The molecule has 3 nitrogen and oxygen atoms in total. The van der Waals surface area contributed by atoms with Gasteiger partial charge in [0.1, 0.15) is 11.5 Å². The van der Waals surface area contributed by atoms with Gasteiger partial charge >= 0.3 is 0 Å². The lowest BCUT2D eigenvalue weighted by molar-refractivity contribution is 0.236. The van der Waals surface area contributed by atoms with E-state index < -0.39 is 5.54 Å². The second-order valence-corrected chi connectivity index (χ2v) is 5.57. The van der Waals surface area contributed by atoms with Crippen LogP contribution in [0.3, 0.4) is 0 Å². The van der Waals surface area contributed by atoms with Crippen LogP contribution >= 0.6 is 0 Å². The summed E-state index contributed by atoms with van der Waals surface area (Å²) in [6.07, 6.45) is 0.0969. The number of hydrogen-bond donors (Lipinski definition) is 1. The van der Waals surface area contributed by atoms with E-state index in [1.54, 1.807) is 7.11 Å². The zero-order valence-electron chi connectivity index (χ0n) is 13.1. The molecule has 0 fully saturated rings. The van der Waals surface area contributed by atoms with Crippen LogP contribution in [0.2, 0.25) is 0 Å². The third-order valence-corrected chi connectivity index (χ3v) is 3.48. The van der Waals surface area contributed by atoms with Gasteiger partial charge in [-0.15, -0.1) is 0 Å². The molecule has 0 aromatic heterocycles. The number of para-hydroxylation sites is 2. The molecule has 1 unspecified atom stereocenters. The van der Waals surface area contributed by atoms with Crippen LogP contribution in [0.25, 0.3) is 0 Å². The molecule has 2 aromatic rings. The number of rotatable bonds is 5. The Balaban J connectivity index is 2.53. The zero-order valence-corrected chi connectivity index (χ0v) is 13.1. The molecule has 0 saturated carbocycles. The molecule has 0 aliphatic heterocycles. The van der Waals surface area contributed by atoms with Crippen molar-refractivity contribution in [1.82, 2.24) is 0 Å². The van der Waals surface area contributed by atoms with E-state index in [2.05, 4.69) is 0 Å². The van der Waals surface area contributed by atoms with Crippen molar-refractivity contribution < 1.29 is 9.47 Å². The van der Waals surface area contributed by atoms with Gasteiger partial charge in [0.15, 0.2) is 0 Å². The number of hydrogen-bond acceptors (Lipinski definition) is 3. The van der Waals surface area contributed by atoms with E-state index in [1.807, 2.05) is 69.3 Å². The molecule has 0 bridgehead atoms. The first-order chi connectivity index (χ1) is 9.96. The van der Waals surface area contributed by atoms with Crippen molar-refractivity contribution in [3.05, 3.63) is 59.7 Å². The lowest BCUT2D eigenvalue weighted by Crippen LogP contribution is -2.35. The molecule has 2 N–H and O–H groups in total. The molecule has 112 valence electrons. The largest absolute Gasteiger partial charge is 0.496 e. The normalized spacial score (nSPS) is 13.8. The predicted octanol–water partition coefficient (Wildman–Crippen LogP) is 3.70. The molecular formula is C18H23NO2. The van der Waals surface area contributed by atoms with Crippen molar-refractivity contribution in [1.29, 1.82) is 0 Å². The molecule has 0 amide bonds.